The smallest absolute Gasteiger partial charge is 0.241 e. The van der Waals surface area contributed by atoms with Crippen LogP contribution in [0.25, 0.3) is 0 Å². The molecule has 0 aromatic heterocycles. The van der Waals surface area contributed by atoms with E-state index >= 15 is 0 Å². The predicted octanol–water partition coefficient (Wildman–Crippen LogP) is 1.41. The zero-order chi connectivity index (χ0) is 18.6. The first-order valence-electron chi connectivity index (χ1n) is 8.39. The largest absolute Gasteiger partial charge is 0.370 e. The summed E-state index contributed by atoms with van der Waals surface area (Å²) >= 11 is 5.74. The first kappa shape index (κ1) is 19.3. The van der Waals surface area contributed by atoms with Crippen LogP contribution in [-0.4, -0.2) is 41.3 Å². The molecule has 8 heteroatoms. The lowest BCUT2D eigenvalue weighted by Gasteiger charge is -2.28. The van der Waals surface area contributed by atoms with Crippen LogP contribution in [0.2, 0.25) is 5.02 Å². The fraction of sp³-hybridized carbons (Fsp3) is 0.333. The van der Waals surface area contributed by atoms with Crippen LogP contribution in [0.15, 0.2) is 53.4 Å². The molecule has 1 atom stereocenters. The molecule has 1 aliphatic rings. The molecule has 1 heterocycles. The Balaban J connectivity index is 1.85. The number of quaternary nitrogens is 1. The Morgan fingerprint density at radius 3 is 2.50 bits per heavy atom. The highest BCUT2D eigenvalue weighted by Gasteiger charge is 2.27. The van der Waals surface area contributed by atoms with Crippen molar-refractivity contribution in [2.75, 3.05) is 32.8 Å². The minimum atomic E-state index is -3.84. The highest BCUT2D eigenvalue weighted by molar-refractivity contribution is 7.89. The molecule has 2 aromatic carbocycles. The maximum Gasteiger partial charge on any atom is 0.241 e. The molecule has 0 aliphatic carbocycles. The topological polar surface area (TPSA) is 59.8 Å². The van der Waals surface area contributed by atoms with Gasteiger partial charge in [-0.1, -0.05) is 41.9 Å². The number of benzene rings is 2. The number of halogens is 2. The van der Waals surface area contributed by atoms with Crippen LogP contribution >= 0.6 is 11.6 Å². The van der Waals surface area contributed by atoms with Gasteiger partial charge in [-0.05, 0) is 23.8 Å². The molecule has 140 valence electrons. The standard InChI is InChI=1S/C18H20ClFN2O3S/c19-16-12-15(6-7-17(16)20)26(23,24)21-18(14-4-2-1-3-5-14)13-22-8-10-25-11-9-22/h1-7,12,18,21H,8-11,13H2/p+1/t18-/m0/s1. The zero-order valence-electron chi connectivity index (χ0n) is 14.1. The number of sulfonamides is 1. The van der Waals surface area contributed by atoms with E-state index in [1.54, 1.807) is 0 Å². The Hall–Kier alpha value is -1.51. The molecule has 0 amide bonds. The SMILES string of the molecule is O=S(=O)(N[C@@H](C[NH+]1CCOCC1)c1ccccc1)c1ccc(F)c(Cl)c1. The van der Waals surface area contributed by atoms with E-state index in [9.17, 15) is 12.8 Å². The number of nitrogens with one attached hydrogen (secondary N) is 2. The van der Waals surface area contributed by atoms with Crippen LogP contribution in [0.3, 0.4) is 0 Å². The van der Waals surface area contributed by atoms with E-state index in [1.165, 1.54) is 11.0 Å². The summed E-state index contributed by atoms with van der Waals surface area (Å²) in [5.41, 5.74) is 0.878. The van der Waals surface area contributed by atoms with E-state index in [0.717, 1.165) is 30.8 Å². The van der Waals surface area contributed by atoms with Gasteiger partial charge in [0.05, 0.1) is 35.7 Å². The number of morpholine rings is 1. The Morgan fingerprint density at radius 1 is 1.15 bits per heavy atom. The summed E-state index contributed by atoms with van der Waals surface area (Å²) in [6, 6.07) is 12.4. The molecular formula is C18H21ClFN2O3S+. The van der Waals surface area contributed by atoms with Crippen molar-refractivity contribution in [2.45, 2.75) is 10.9 Å². The molecule has 1 saturated heterocycles. The highest BCUT2D eigenvalue weighted by atomic mass is 35.5. The minimum absolute atomic E-state index is 0.0539. The summed E-state index contributed by atoms with van der Waals surface area (Å²) in [5, 5.41) is -0.219. The van der Waals surface area contributed by atoms with E-state index in [0.29, 0.717) is 19.8 Å². The Kier molecular flexibility index (Phi) is 6.26. The second kappa shape index (κ2) is 8.45. The van der Waals surface area contributed by atoms with Gasteiger partial charge in [0, 0.05) is 0 Å². The van der Waals surface area contributed by atoms with E-state index in [-0.39, 0.29) is 9.92 Å². The highest BCUT2D eigenvalue weighted by Crippen LogP contribution is 2.21. The summed E-state index contributed by atoms with van der Waals surface area (Å²) in [6.07, 6.45) is 0. The second-order valence-electron chi connectivity index (χ2n) is 6.23. The second-order valence-corrected chi connectivity index (χ2v) is 8.35. The van der Waals surface area contributed by atoms with Crippen molar-refractivity contribution in [3.05, 3.63) is 64.9 Å². The van der Waals surface area contributed by atoms with Gasteiger partial charge in [0.1, 0.15) is 18.9 Å². The van der Waals surface area contributed by atoms with Gasteiger partial charge in [-0.15, -0.1) is 0 Å². The maximum absolute atomic E-state index is 13.4. The van der Waals surface area contributed by atoms with Crippen LogP contribution in [0.5, 0.6) is 0 Å². The van der Waals surface area contributed by atoms with Gasteiger partial charge in [-0.25, -0.2) is 12.8 Å². The fourth-order valence-corrected chi connectivity index (χ4v) is 4.46. The summed E-state index contributed by atoms with van der Waals surface area (Å²) < 4.78 is 47.1. The van der Waals surface area contributed by atoms with Crippen LogP contribution < -0.4 is 9.62 Å². The molecule has 0 spiro atoms. The summed E-state index contributed by atoms with van der Waals surface area (Å²) in [6.45, 7) is 3.58. The lowest BCUT2D eigenvalue weighted by atomic mass is 10.1. The van der Waals surface area contributed by atoms with Gasteiger partial charge >= 0.3 is 0 Å². The van der Waals surface area contributed by atoms with E-state index < -0.39 is 21.9 Å². The van der Waals surface area contributed by atoms with Crippen molar-refractivity contribution in [3.8, 4) is 0 Å². The number of hydrogen-bond donors (Lipinski definition) is 2. The normalized spacial score (nSPS) is 17.2. The molecular weight excluding hydrogens is 379 g/mol. The van der Waals surface area contributed by atoms with Crippen LogP contribution in [-0.2, 0) is 14.8 Å². The summed E-state index contributed by atoms with van der Waals surface area (Å²) in [7, 11) is -3.84. The Bertz CT molecular complexity index is 843. The van der Waals surface area contributed by atoms with Crippen LogP contribution in [0, 0.1) is 5.82 Å². The predicted molar refractivity (Wildman–Crippen MR) is 97.3 cm³/mol. The Morgan fingerprint density at radius 2 is 1.85 bits per heavy atom. The van der Waals surface area contributed by atoms with Crippen molar-refractivity contribution in [3.63, 3.8) is 0 Å². The van der Waals surface area contributed by atoms with Crippen molar-refractivity contribution in [1.29, 1.82) is 0 Å². The molecule has 26 heavy (non-hydrogen) atoms. The van der Waals surface area contributed by atoms with E-state index in [4.69, 9.17) is 16.3 Å². The number of hydrogen-bond acceptors (Lipinski definition) is 3. The summed E-state index contributed by atoms with van der Waals surface area (Å²) in [4.78, 5) is 1.21. The molecule has 0 saturated carbocycles. The van der Waals surface area contributed by atoms with Gasteiger partial charge < -0.3 is 9.64 Å². The third-order valence-corrected chi connectivity index (χ3v) is 6.15. The molecule has 1 aliphatic heterocycles. The average Bonchev–Trinajstić information content (AvgIpc) is 2.65. The lowest BCUT2D eigenvalue weighted by Crippen LogP contribution is -3.14. The molecule has 0 radical (unpaired) electrons. The monoisotopic (exact) mass is 399 g/mol. The van der Waals surface area contributed by atoms with Crippen LogP contribution in [0.4, 0.5) is 4.39 Å². The molecule has 1 fully saturated rings. The third kappa shape index (κ3) is 4.81. The first-order chi connectivity index (χ1) is 12.5. The van der Waals surface area contributed by atoms with Gasteiger partial charge in [-0.2, -0.15) is 4.72 Å². The molecule has 2 N–H and O–H groups in total. The fourth-order valence-electron chi connectivity index (χ4n) is 2.97. The Labute approximate surface area is 157 Å². The third-order valence-electron chi connectivity index (χ3n) is 4.39. The van der Waals surface area contributed by atoms with Gasteiger partial charge in [-0.3, -0.25) is 0 Å². The molecule has 2 aromatic rings. The van der Waals surface area contributed by atoms with Crippen molar-refractivity contribution < 1.29 is 22.4 Å². The van der Waals surface area contributed by atoms with Crippen LogP contribution in [0.1, 0.15) is 11.6 Å². The average molecular weight is 400 g/mol. The minimum Gasteiger partial charge on any atom is -0.370 e. The first-order valence-corrected chi connectivity index (χ1v) is 10.3. The van der Waals surface area contributed by atoms with Gasteiger partial charge in [0.25, 0.3) is 0 Å². The molecule has 3 rings (SSSR count). The maximum atomic E-state index is 13.4. The molecule has 0 bridgehead atoms. The molecule has 5 nitrogen and oxygen atoms in total. The van der Waals surface area contributed by atoms with Gasteiger partial charge in [0.15, 0.2) is 0 Å². The van der Waals surface area contributed by atoms with E-state index in [2.05, 4.69) is 4.72 Å². The number of rotatable bonds is 6. The zero-order valence-corrected chi connectivity index (χ0v) is 15.7. The van der Waals surface area contributed by atoms with Crippen molar-refractivity contribution in [1.82, 2.24) is 4.72 Å². The summed E-state index contributed by atoms with van der Waals surface area (Å²) in [5.74, 6) is -0.650. The quantitative estimate of drug-likeness (QED) is 0.772. The van der Waals surface area contributed by atoms with Crippen molar-refractivity contribution in [2.24, 2.45) is 0 Å². The number of ether oxygens (including phenoxy) is 1. The van der Waals surface area contributed by atoms with E-state index in [1.807, 2.05) is 30.3 Å². The lowest BCUT2D eigenvalue weighted by molar-refractivity contribution is -0.909. The van der Waals surface area contributed by atoms with Gasteiger partial charge in [0.2, 0.25) is 10.0 Å². The van der Waals surface area contributed by atoms with Crippen molar-refractivity contribution >= 4 is 21.6 Å². The molecule has 0 unspecified atom stereocenters.